The average Bonchev–Trinajstić information content (AvgIpc) is 3.32. The molecule has 0 aromatic heterocycles. The highest BCUT2D eigenvalue weighted by Crippen LogP contribution is 2.51. The first-order valence-electron chi connectivity index (χ1n) is 10.1. The van der Waals surface area contributed by atoms with Crippen molar-refractivity contribution in [3.8, 4) is 0 Å². The van der Waals surface area contributed by atoms with Crippen LogP contribution >= 0.6 is 0 Å². The zero-order chi connectivity index (χ0) is 15.9. The maximum Gasteiger partial charge on any atom is -0.00617 e. The van der Waals surface area contributed by atoms with Crippen LogP contribution in [0.4, 0.5) is 0 Å². The van der Waals surface area contributed by atoms with Gasteiger partial charge in [-0.2, -0.15) is 0 Å². The van der Waals surface area contributed by atoms with Crippen LogP contribution in [0.25, 0.3) is 16.8 Å². The van der Waals surface area contributed by atoms with Crippen molar-refractivity contribution in [1.82, 2.24) is 0 Å². The standard InChI is InChI=1S/C24H28/c1-2-8-17(7-1)22-14-13-21-15-19-11-5-6-12-20(19)16-23(21)24(22)18-9-3-4-10-18/h5-6,11-18,22,24H,1-4,7-10H2. The summed E-state index contributed by atoms with van der Waals surface area (Å²) in [5, 5.41) is 2.82. The van der Waals surface area contributed by atoms with Gasteiger partial charge in [-0.05, 0) is 77.3 Å². The highest BCUT2D eigenvalue weighted by Gasteiger charge is 2.39. The van der Waals surface area contributed by atoms with E-state index in [1.807, 2.05) is 0 Å². The Bertz CT molecular complexity index is 757. The lowest BCUT2D eigenvalue weighted by Gasteiger charge is -2.38. The Morgan fingerprint density at radius 3 is 2.04 bits per heavy atom. The normalized spacial score (nSPS) is 27.8. The Hall–Kier alpha value is -1.56. The first-order valence-corrected chi connectivity index (χ1v) is 10.1. The second-order valence-corrected chi connectivity index (χ2v) is 8.38. The van der Waals surface area contributed by atoms with Gasteiger partial charge in [0.1, 0.15) is 0 Å². The number of hydrogen-bond donors (Lipinski definition) is 0. The molecule has 0 heterocycles. The van der Waals surface area contributed by atoms with E-state index in [4.69, 9.17) is 0 Å². The molecular formula is C24H28. The van der Waals surface area contributed by atoms with Gasteiger partial charge in [-0.3, -0.25) is 0 Å². The molecule has 0 bridgehead atoms. The Kier molecular flexibility index (Phi) is 3.73. The van der Waals surface area contributed by atoms with Gasteiger partial charge in [0.2, 0.25) is 0 Å². The second-order valence-electron chi connectivity index (χ2n) is 8.38. The quantitative estimate of drug-likeness (QED) is 0.562. The van der Waals surface area contributed by atoms with Crippen LogP contribution < -0.4 is 0 Å². The molecule has 2 atom stereocenters. The van der Waals surface area contributed by atoms with Gasteiger partial charge in [-0.15, -0.1) is 0 Å². The van der Waals surface area contributed by atoms with Gasteiger partial charge in [-0.1, -0.05) is 68.2 Å². The molecule has 0 radical (unpaired) electrons. The van der Waals surface area contributed by atoms with Gasteiger partial charge in [-0.25, -0.2) is 0 Å². The molecule has 0 amide bonds. The third kappa shape index (κ3) is 2.42. The Morgan fingerprint density at radius 1 is 0.708 bits per heavy atom. The van der Waals surface area contributed by atoms with Crippen LogP contribution in [0.3, 0.4) is 0 Å². The van der Waals surface area contributed by atoms with Crippen molar-refractivity contribution >= 4 is 16.8 Å². The van der Waals surface area contributed by atoms with Gasteiger partial charge in [0, 0.05) is 0 Å². The van der Waals surface area contributed by atoms with Crippen LogP contribution in [0, 0.1) is 17.8 Å². The van der Waals surface area contributed by atoms with Crippen molar-refractivity contribution in [2.45, 2.75) is 57.3 Å². The summed E-state index contributed by atoms with van der Waals surface area (Å²) in [5.41, 5.74) is 3.17. The van der Waals surface area contributed by atoms with E-state index >= 15 is 0 Å². The van der Waals surface area contributed by atoms with Crippen molar-refractivity contribution in [3.63, 3.8) is 0 Å². The summed E-state index contributed by atoms with van der Waals surface area (Å²) < 4.78 is 0. The summed E-state index contributed by atoms with van der Waals surface area (Å²) in [7, 11) is 0. The van der Waals surface area contributed by atoms with Crippen LogP contribution in [0.1, 0.15) is 68.4 Å². The van der Waals surface area contributed by atoms with Crippen molar-refractivity contribution < 1.29 is 0 Å². The molecule has 0 saturated heterocycles. The molecule has 0 spiro atoms. The molecule has 0 nitrogen and oxygen atoms in total. The zero-order valence-electron chi connectivity index (χ0n) is 14.6. The van der Waals surface area contributed by atoms with Crippen molar-refractivity contribution in [2.24, 2.45) is 17.8 Å². The van der Waals surface area contributed by atoms with Gasteiger partial charge < -0.3 is 0 Å². The van der Waals surface area contributed by atoms with Crippen LogP contribution in [-0.4, -0.2) is 0 Å². The molecule has 0 N–H and O–H groups in total. The molecule has 2 fully saturated rings. The van der Waals surface area contributed by atoms with Crippen molar-refractivity contribution in [1.29, 1.82) is 0 Å². The lowest BCUT2D eigenvalue weighted by Crippen LogP contribution is -2.27. The van der Waals surface area contributed by atoms with E-state index in [-0.39, 0.29) is 0 Å². The summed E-state index contributed by atoms with van der Waals surface area (Å²) >= 11 is 0. The fourth-order valence-electron chi connectivity index (χ4n) is 5.93. The molecule has 5 rings (SSSR count). The Morgan fingerprint density at radius 2 is 1.33 bits per heavy atom. The number of hydrogen-bond acceptors (Lipinski definition) is 0. The highest BCUT2D eigenvalue weighted by atomic mass is 14.4. The minimum absolute atomic E-state index is 0.778. The molecule has 24 heavy (non-hydrogen) atoms. The van der Waals surface area contributed by atoms with E-state index in [2.05, 4.69) is 48.6 Å². The van der Waals surface area contributed by atoms with Crippen LogP contribution in [0.15, 0.2) is 42.5 Å². The first kappa shape index (κ1) is 14.8. The molecule has 3 aliphatic carbocycles. The first-order chi connectivity index (χ1) is 11.9. The summed E-state index contributed by atoms with van der Waals surface area (Å²) in [5.74, 6) is 3.43. The summed E-state index contributed by atoms with van der Waals surface area (Å²) in [6.07, 6.45) is 16.7. The number of benzene rings is 2. The smallest absolute Gasteiger partial charge is 0.00617 e. The molecule has 124 valence electrons. The van der Waals surface area contributed by atoms with E-state index in [1.165, 1.54) is 67.7 Å². The summed E-state index contributed by atoms with van der Waals surface area (Å²) in [6.45, 7) is 0. The number of allylic oxidation sites excluding steroid dienone is 1. The predicted molar refractivity (Wildman–Crippen MR) is 103 cm³/mol. The molecule has 0 heteroatoms. The Labute approximate surface area is 146 Å². The fourth-order valence-corrected chi connectivity index (χ4v) is 5.93. The maximum absolute atomic E-state index is 2.61. The minimum atomic E-state index is 0.778. The SMILES string of the molecule is C1=CC(C2CCCC2)C(C2CCCC2)c2cc3ccccc3cc21. The number of fused-ring (bicyclic) bond motifs is 2. The Balaban J connectivity index is 1.63. The van der Waals surface area contributed by atoms with Gasteiger partial charge in [0.25, 0.3) is 0 Å². The second kappa shape index (κ2) is 6.06. The third-order valence-corrected chi connectivity index (χ3v) is 7.08. The van der Waals surface area contributed by atoms with E-state index in [0.717, 1.165) is 23.7 Å². The number of rotatable bonds is 2. The lowest BCUT2D eigenvalue weighted by molar-refractivity contribution is 0.270. The van der Waals surface area contributed by atoms with Crippen LogP contribution in [-0.2, 0) is 0 Å². The van der Waals surface area contributed by atoms with Crippen molar-refractivity contribution in [3.05, 3.63) is 53.6 Å². The molecular weight excluding hydrogens is 288 g/mol. The highest BCUT2D eigenvalue weighted by molar-refractivity contribution is 5.86. The molecule has 2 unspecified atom stereocenters. The topological polar surface area (TPSA) is 0 Å². The lowest BCUT2D eigenvalue weighted by atomic mass is 9.66. The predicted octanol–water partition coefficient (Wildman–Crippen LogP) is 6.95. The van der Waals surface area contributed by atoms with E-state index in [9.17, 15) is 0 Å². The van der Waals surface area contributed by atoms with Gasteiger partial charge in [0.15, 0.2) is 0 Å². The largest absolute Gasteiger partial charge is 0.0799 e. The van der Waals surface area contributed by atoms with Gasteiger partial charge >= 0.3 is 0 Å². The summed E-state index contributed by atoms with van der Waals surface area (Å²) in [4.78, 5) is 0. The zero-order valence-corrected chi connectivity index (χ0v) is 14.6. The van der Waals surface area contributed by atoms with Crippen LogP contribution in [0.5, 0.6) is 0 Å². The maximum atomic E-state index is 2.61. The van der Waals surface area contributed by atoms with E-state index in [0.29, 0.717) is 0 Å². The van der Waals surface area contributed by atoms with Gasteiger partial charge in [0.05, 0.1) is 0 Å². The molecule has 3 aliphatic rings. The monoisotopic (exact) mass is 316 g/mol. The summed E-state index contributed by atoms with van der Waals surface area (Å²) in [6, 6.07) is 13.9. The molecule has 2 aromatic carbocycles. The third-order valence-electron chi connectivity index (χ3n) is 7.08. The van der Waals surface area contributed by atoms with Crippen LogP contribution in [0.2, 0.25) is 0 Å². The molecule has 2 saturated carbocycles. The minimum Gasteiger partial charge on any atom is -0.0799 e. The average molecular weight is 316 g/mol. The fraction of sp³-hybridized carbons (Fsp3) is 0.500. The van der Waals surface area contributed by atoms with Crippen molar-refractivity contribution in [2.75, 3.05) is 0 Å². The van der Waals surface area contributed by atoms with E-state index in [1.54, 1.807) is 5.56 Å². The molecule has 2 aromatic rings. The molecule has 0 aliphatic heterocycles. The van der Waals surface area contributed by atoms with E-state index < -0.39 is 0 Å².